The summed E-state index contributed by atoms with van der Waals surface area (Å²) in [5.74, 6) is -0.216. The van der Waals surface area contributed by atoms with Crippen LogP contribution in [-0.2, 0) is 4.79 Å². The molecular formula is C10H20N2O2. The molecule has 0 aromatic heterocycles. The Morgan fingerprint density at radius 2 is 2.36 bits per heavy atom. The second kappa shape index (κ2) is 4.75. The molecule has 0 aliphatic carbocycles. The van der Waals surface area contributed by atoms with E-state index >= 15 is 0 Å². The summed E-state index contributed by atoms with van der Waals surface area (Å²) in [7, 11) is 0. The zero-order valence-corrected chi connectivity index (χ0v) is 8.94. The Morgan fingerprint density at radius 1 is 1.71 bits per heavy atom. The summed E-state index contributed by atoms with van der Waals surface area (Å²) in [5, 5.41) is 9.00. The molecule has 1 saturated heterocycles. The van der Waals surface area contributed by atoms with Gasteiger partial charge in [0.05, 0.1) is 0 Å². The van der Waals surface area contributed by atoms with Crippen LogP contribution in [-0.4, -0.2) is 41.1 Å². The number of piperidine rings is 1. The predicted molar refractivity (Wildman–Crippen MR) is 55.0 cm³/mol. The van der Waals surface area contributed by atoms with E-state index in [4.69, 9.17) is 10.8 Å². The molecule has 0 aromatic rings. The average Bonchev–Trinajstić information content (AvgIpc) is 2.11. The maximum Gasteiger partial charge on any atom is 0.320 e. The summed E-state index contributed by atoms with van der Waals surface area (Å²) < 4.78 is 0. The van der Waals surface area contributed by atoms with E-state index < -0.39 is 5.97 Å². The van der Waals surface area contributed by atoms with Crippen LogP contribution in [0.2, 0.25) is 0 Å². The quantitative estimate of drug-likeness (QED) is 0.697. The molecule has 1 heterocycles. The minimum absolute atomic E-state index is 0.122. The summed E-state index contributed by atoms with van der Waals surface area (Å²) in [4.78, 5) is 12.9. The molecule has 4 nitrogen and oxygen atoms in total. The molecule has 1 aliphatic rings. The van der Waals surface area contributed by atoms with Crippen LogP contribution in [0.15, 0.2) is 0 Å². The van der Waals surface area contributed by atoms with E-state index in [0.29, 0.717) is 18.9 Å². The molecule has 82 valence electrons. The van der Waals surface area contributed by atoms with Gasteiger partial charge in [0.15, 0.2) is 0 Å². The molecule has 0 saturated carbocycles. The number of carboxylic acids is 1. The molecule has 3 unspecified atom stereocenters. The molecule has 1 fully saturated rings. The molecule has 1 aliphatic heterocycles. The number of hydrogen-bond acceptors (Lipinski definition) is 3. The van der Waals surface area contributed by atoms with Crippen molar-refractivity contribution >= 4 is 5.97 Å². The first-order valence-corrected chi connectivity index (χ1v) is 5.28. The van der Waals surface area contributed by atoms with Gasteiger partial charge in [-0.1, -0.05) is 13.8 Å². The van der Waals surface area contributed by atoms with Gasteiger partial charge < -0.3 is 10.8 Å². The molecular weight excluding hydrogens is 180 g/mol. The van der Waals surface area contributed by atoms with Crippen molar-refractivity contribution in [1.82, 2.24) is 4.90 Å². The summed E-state index contributed by atoms with van der Waals surface area (Å²) >= 11 is 0. The SMILES string of the molecule is CCC(C(=O)O)N1CCC(C)C(N)C1. The van der Waals surface area contributed by atoms with Crippen molar-refractivity contribution in [3.8, 4) is 0 Å². The molecule has 0 amide bonds. The molecule has 14 heavy (non-hydrogen) atoms. The van der Waals surface area contributed by atoms with Crippen LogP contribution < -0.4 is 5.73 Å². The lowest BCUT2D eigenvalue weighted by Crippen LogP contribution is -2.53. The first kappa shape index (κ1) is 11.5. The predicted octanol–water partition coefficient (Wildman–Crippen LogP) is 0.519. The first-order chi connectivity index (χ1) is 6.56. The third-order valence-corrected chi connectivity index (χ3v) is 3.16. The third kappa shape index (κ3) is 2.45. The largest absolute Gasteiger partial charge is 0.480 e. The normalized spacial score (nSPS) is 31.4. The van der Waals surface area contributed by atoms with E-state index in [9.17, 15) is 4.79 Å². The maximum absolute atomic E-state index is 10.9. The number of hydrogen-bond donors (Lipinski definition) is 2. The van der Waals surface area contributed by atoms with Crippen molar-refractivity contribution in [3.05, 3.63) is 0 Å². The van der Waals surface area contributed by atoms with Gasteiger partial charge >= 0.3 is 5.97 Å². The molecule has 4 heteroatoms. The Bertz CT molecular complexity index is 208. The van der Waals surface area contributed by atoms with E-state index in [1.165, 1.54) is 0 Å². The van der Waals surface area contributed by atoms with Crippen LogP contribution >= 0.6 is 0 Å². The third-order valence-electron chi connectivity index (χ3n) is 3.16. The van der Waals surface area contributed by atoms with Gasteiger partial charge in [-0.15, -0.1) is 0 Å². The summed E-state index contributed by atoms with van der Waals surface area (Å²) in [6, 6.07) is -0.231. The van der Waals surface area contributed by atoms with Gasteiger partial charge in [0, 0.05) is 12.6 Å². The highest BCUT2D eigenvalue weighted by Gasteiger charge is 2.30. The van der Waals surface area contributed by atoms with E-state index in [0.717, 1.165) is 13.0 Å². The van der Waals surface area contributed by atoms with E-state index in [2.05, 4.69) is 6.92 Å². The number of carboxylic acid groups (broad SMARTS) is 1. The monoisotopic (exact) mass is 200 g/mol. The van der Waals surface area contributed by atoms with Gasteiger partial charge in [-0.25, -0.2) is 0 Å². The highest BCUT2D eigenvalue weighted by Crippen LogP contribution is 2.18. The molecule has 0 radical (unpaired) electrons. The highest BCUT2D eigenvalue weighted by molar-refractivity contribution is 5.73. The van der Waals surface area contributed by atoms with Crippen molar-refractivity contribution in [2.45, 2.75) is 38.8 Å². The minimum atomic E-state index is -0.728. The molecule has 0 bridgehead atoms. The summed E-state index contributed by atoms with van der Waals surface area (Å²) in [5.41, 5.74) is 5.93. The lowest BCUT2D eigenvalue weighted by Gasteiger charge is -2.37. The van der Waals surface area contributed by atoms with E-state index in [1.54, 1.807) is 0 Å². The Labute approximate surface area is 85.1 Å². The summed E-state index contributed by atoms with van der Waals surface area (Å²) in [6.07, 6.45) is 1.65. The molecule has 0 spiro atoms. The lowest BCUT2D eigenvalue weighted by molar-refractivity contribution is -0.144. The van der Waals surface area contributed by atoms with Crippen molar-refractivity contribution in [1.29, 1.82) is 0 Å². The van der Waals surface area contributed by atoms with Gasteiger partial charge in [0.1, 0.15) is 6.04 Å². The standard InChI is InChI=1S/C10H20N2O2/c1-3-9(10(13)14)12-5-4-7(2)8(11)6-12/h7-9H,3-6,11H2,1-2H3,(H,13,14). The number of nitrogens with zero attached hydrogens (tertiary/aromatic N) is 1. The number of likely N-dealkylation sites (tertiary alicyclic amines) is 1. The van der Waals surface area contributed by atoms with Gasteiger partial charge in [0.2, 0.25) is 0 Å². The minimum Gasteiger partial charge on any atom is -0.480 e. The first-order valence-electron chi connectivity index (χ1n) is 5.28. The smallest absolute Gasteiger partial charge is 0.320 e. The topological polar surface area (TPSA) is 66.6 Å². The second-order valence-corrected chi connectivity index (χ2v) is 4.19. The molecule has 3 atom stereocenters. The van der Waals surface area contributed by atoms with Crippen LogP contribution in [0, 0.1) is 5.92 Å². The van der Waals surface area contributed by atoms with E-state index in [-0.39, 0.29) is 12.1 Å². The number of nitrogens with two attached hydrogens (primary N) is 1. The van der Waals surface area contributed by atoms with Crippen molar-refractivity contribution in [3.63, 3.8) is 0 Å². The Kier molecular flexibility index (Phi) is 3.89. The van der Waals surface area contributed by atoms with Gasteiger partial charge in [-0.3, -0.25) is 9.69 Å². The number of aliphatic carboxylic acids is 1. The Morgan fingerprint density at radius 3 is 2.79 bits per heavy atom. The highest BCUT2D eigenvalue weighted by atomic mass is 16.4. The molecule has 0 aromatic carbocycles. The van der Waals surface area contributed by atoms with Crippen molar-refractivity contribution < 1.29 is 9.90 Å². The molecule has 3 N–H and O–H groups in total. The van der Waals surface area contributed by atoms with Crippen molar-refractivity contribution in [2.24, 2.45) is 11.7 Å². The second-order valence-electron chi connectivity index (χ2n) is 4.19. The van der Waals surface area contributed by atoms with Crippen LogP contribution in [0.25, 0.3) is 0 Å². The van der Waals surface area contributed by atoms with Gasteiger partial charge in [0.25, 0.3) is 0 Å². The fraction of sp³-hybridized carbons (Fsp3) is 0.900. The number of carbonyl (C=O) groups is 1. The fourth-order valence-electron chi connectivity index (χ4n) is 2.00. The Balaban J connectivity index is 2.56. The van der Waals surface area contributed by atoms with Crippen LogP contribution in [0.3, 0.4) is 0 Å². The van der Waals surface area contributed by atoms with Crippen LogP contribution in [0.5, 0.6) is 0 Å². The van der Waals surface area contributed by atoms with Crippen LogP contribution in [0.4, 0.5) is 0 Å². The van der Waals surface area contributed by atoms with Gasteiger partial charge in [-0.05, 0) is 25.3 Å². The van der Waals surface area contributed by atoms with Crippen molar-refractivity contribution in [2.75, 3.05) is 13.1 Å². The van der Waals surface area contributed by atoms with Crippen LogP contribution in [0.1, 0.15) is 26.7 Å². The fourth-order valence-corrected chi connectivity index (χ4v) is 2.00. The Hall–Kier alpha value is -0.610. The zero-order valence-electron chi connectivity index (χ0n) is 8.94. The maximum atomic E-state index is 10.9. The van der Waals surface area contributed by atoms with E-state index in [1.807, 2.05) is 11.8 Å². The number of rotatable bonds is 3. The molecule has 1 rings (SSSR count). The lowest BCUT2D eigenvalue weighted by atomic mass is 9.93. The zero-order chi connectivity index (χ0) is 10.7. The van der Waals surface area contributed by atoms with Gasteiger partial charge in [-0.2, -0.15) is 0 Å². The summed E-state index contributed by atoms with van der Waals surface area (Å²) in [6.45, 7) is 5.61. The average molecular weight is 200 g/mol.